The van der Waals surface area contributed by atoms with E-state index in [0.29, 0.717) is 45.2 Å². The van der Waals surface area contributed by atoms with Crippen LogP contribution in [0.15, 0.2) is 30.3 Å². The minimum atomic E-state index is -0.792. The van der Waals surface area contributed by atoms with E-state index in [2.05, 4.69) is 6.92 Å². The number of carbonyl (C=O) groups is 7. The van der Waals surface area contributed by atoms with Crippen molar-refractivity contribution >= 4 is 52.9 Å². The standard InChI is InChI=1S/C55H90N4O10S.CH4/c1-14-16-30-70-46-34-49(64)59(55(46)67)28-22-18-21-27-47(62)56(10)50(36(5)6)44(61)32-41(35(3)4)54(66)57(11)51(37(7)15-2)45(68-12)33-48(63)58-29-23-26-42(58)53(69-13)39(9)43(60)31-38(8)52(65)40-24-19-17-20-25-40;/h17,19-20,24-25,35-39,41-42,45-46,50-53,65H,14-16,18,21-23,26-34H2,1-13H3;1H4/t37-,38-,39-,41-,42-,45+,46?,50-,51?,52+,53+;/m0./s1. The second-order valence-corrected chi connectivity index (χ2v) is 22.2. The second-order valence-electron chi connectivity index (χ2n) is 20.9. The number of likely N-dealkylation sites (N-methyl/N-ethyl adjacent to an activating group) is 2. The molecule has 5 amide bonds. The third-order valence-electron chi connectivity index (χ3n) is 15.2. The number of hydrogen-bond donors (Lipinski definition) is 1. The highest BCUT2D eigenvalue weighted by molar-refractivity contribution is 8.00. The summed E-state index contributed by atoms with van der Waals surface area (Å²) in [7, 11) is 6.51. The zero-order valence-electron chi connectivity index (χ0n) is 45.0. The molecule has 1 aromatic carbocycles. The van der Waals surface area contributed by atoms with E-state index in [1.54, 1.807) is 45.0 Å². The fourth-order valence-corrected chi connectivity index (χ4v) is 11.9. The summed E-state index contributed by atoms with van der Waals surface area (Å²) in [6.45, 7) is 18.4. The van der Waals surface area contributed by atoms with Crippen LogP contribution in [0.3, 0.4) is 0 Å². The van der Waals surface area contributed by atoms with Gasteiger partial charge in [-0.25, -0.2) is 0 Å². The molecule has 2 saturated heterocycles. The maximum absolute atomic E-state index is 14.7. The fraction of sp³-hybridized carbons (Fsp3) is 0.768. The van der Waals surface area contributed by atoms with Crippen molar-refractivity contribution < 1.29 is 48.1 Å². The summed E-state index contributed by atoms with van der Waals surface area (Å²) in [5, 5.41) is 10.7. The third-order valence-corrected chi connectivity index (χ3v) is 16.5. The maximum atomic E-state index is 14.7. The molecule has 0 bridgehead atoms. The Hall–Kier alpha value is -3.66. The van der Waals surface area contributed by atoms with Crippen molar-refractivity contribution in [2.24, 2.45) is 35.5 Å². The van der Waals surface area contributed by atoms with Gasteiger partial charge in [0.1, 0.15) is 5.78 Å². The van der Waals surface area contributed by atoms with E-state index in [0.717, 1.165) is 30.6 Å². The first-order valence-corrected chi connectivity index (χ1v) is 27.3. The van der Waals surface area contributed by atoms with Crippen LogP contribution >= 0.6 is 11.8 Å². The number of Topliss-reactive ketones (excluding diaryl/α,β-unsaturated/α-hetero) is 2. The Morgan fingerprint density at radius 3 is 2.06 bits per heavy atom. The lowest BCUT2D eigenvalue weighted by atomic mass is 9.83. The first-order valence-electron chi connectivity index (χ1n) is 26.3. The van der Waals surface area contributed by atoms with E-state index in [4.69, 9.17) is 9.47 Å². The summed E-state index contributed by atoms with van der Waals surface area (Å²) in [5.41, 5.74) is 0.756. The van der Waals surface area contributed by atoms with Gasteiger partial charge in [-0.1, -0.05) is 119 Å². The number of likely N-dealkylation sites (tertiary alicyclic amines) is 2. The largest absolute Gasteiger partial charge is 0.388 e. The number of benzene rings is 1. The average Bonchev–Trinajstić information content (AvgIpc) is 3.92. The predicted molar refractivity (Wildman–Crippen MR) is 283 cm³/mol. The predicted octanol–water partition coefficient (Wildman–Crippen LogP) is 8.81. The van der Waals surface area contributed by atoms with Crippen molar-refractivity contribution in [2.45, 2.75) is 195 Å². The molecule has 1 N–H and O–H groups in total. The van der Waals surface area contributed by atoms with Crippen LogP contribution in [-0.2, 0) is 43.0 Å². The van der Waals surface area contributed by atoms with Gasteiger partial charge in [0.05, 0.1) is 48.1 Å². The number of ketones is 2. The molecule has 3 rings (SSSR count). The van der Waals surface area contributed by atoms with E-state index in [1.807, 2.05) is 90.6 Å². The maximum Gasteiger partial charge on any atom is 0.242 e. The fourth-order valence-electron chi connectivity index (χ4n) is 10.6. The highest BCUT2D eigenvalue weighted by Crippen LogP contribution is 2.33. The number of unbranched alkanes of at least 4 members (excludes halogenated alkanes) is 3. The molecule has 2 fully saturated rings. The van der Waals surface area contributed by atoms with Crippen LogP contribution in [0.1, 0.15) is 165 Å². The van der Waals surface area contributed by atoms with Gasteiger partial charge in [-0.05, 0) is 67.1 Å². The van der Waals surface area contributed by atoms with E-state index in [1.165, 1.54) is 9.80 Å². The van der Waals surface area contributed by atoms with E-state index >= 15 is 0 Å². The molecule has 15 heteroatoms. The summed E-state index contributed by atoms with van der Waals surface area (Å²) in [6.07, 6.45) is 4.52. The summed E-state index contributed by atoms with van der Waals surface area (Å²) in [5.74, 6) is -2.19. The number of ether oxygens (including phenoxy) is 2. The van der Waals surface area contributed by atoms with Crippen LogP contribution in [0.4, 0.5) is 0 Å². The molecule has 0 saturated carbocycles. The average molecular weight is 1020 g/mol. The Labute approximate surface area is 432 Å². The van der Waals surface area contributed by atoms with Crippen LogP contribution in [-0.4, -0.2) is 149 Å². The number of carbonyl (C=O) groups excluding carboxylic acids is 7. The Kier molecular flexibility index (Phi) is 27.8. The van der Waals surface area contributed by atoms with Crippen molar-refractivity contribution in [3.8, 4) is 0 Å². The number of hydrogen-bond acceptors (Lipinski definition) is 11. The lowest BCUT2D eigenvalue weighted by Crippen LogP contribution is -2.54. The Balaban J connectivity index is 0.0000173. The first-order chi connectivity index (χ1) is 33.2. The zero-order valence-corrected chi connectivity index (χ0v) is 45.8. The van der Waals surface area contributed by atoms with Crippen LogP contribution in [0.2, 0.25) is 0 Å². The highest BCUT2D eigenvalue weighted by atomic mass is 32.2. The zero-order chi connectivity index (χ0) is 52.4. The van der Waals surface area contributed by atoms with Crippen molar-refractivity contribution in [2.75, 3.05) is 47.2 Å². The van der Waals surface area contributed by atoms with Crippen molar-refractivity contribution in [1.82, 2.24) is 19.6 Å². The molecule has 2 aliphatic rings. The summed E-state index contributed by atoms with van der Waals surface area (Å²) in [4.78, 5) is 102. The highest BCUT2D eigenvalue weighted by Gasteiger charge is 2.44. The molecule has 14 nitrogen and oxygen atoms in total. The molecule has 0 radical (unpaired) electrons. The van der Waals surface area contributed by atoms with E-state index < -0.39 is 42.2 Å². The monoisotopic (exact) mass is 1010 g/mol. The quantitative estimate of drug-likeness (QED) is 0.0540. The van der Waals surface area contributed by atoms with Gasteiger partial charge < -0.3 is 29.3 Å². The minimum absolute atomic E-state index is 0. The molecule has 1 aromatic rings. The minimum Gasteiger partial charge on any atom is -0.388 e. The lowest BCUT2D eigenvalue weighted by molar-refractivity contribution is -0.149. The molecule has 2 aliphatic heterocycles. The Bertz CT molecular complexity index is 1850. The Morgan fingerprint density at radius 1 is 0.817 bits per heavy atom. The van der Waals surface area contributed by atoms with Gasteiger partial charge in [0.2, 0.25) is 29.5 Å². The molecule has 2 unspecified atom stereocenters. The van der Waals surface area contributed by atoms with Crippen molar-refractivity contribution in [1.29, 1.82) is 0 Å². The molecule has 0 aromatic heterocycles. The van der Waals surface area contributed by atoms with Gasteiger partial charge in [0, 0.05) is 78.9 Å². The number of aliphatic hydroxyl groups excluding tert-OH is 1. The van der Waals surface area contributed by atoms with Crippen LogP contribution in [0.25, 0.3) is 0 Å². The molecular weight excluding hydrogens is 921 g/mol. The number of methoxy groups -OCH3 is 2. The van der Waals surface area contributed by atoms with Gasteiger partial charge in [0.15, 0.2) is 5.78 Å². The van der Waals surface area contributed by atoms with E-state index in [-0.39, 0.29) is 116 Å². The number of thioether (sulfide) groups is 1. The van der Waals surface area contributed by atoms with E-state index in [9.17, 15) is 38.7 Å². The summed E-state index contributed by atoms with van der Waals surface area (Å²) >= 11 is 1.56. The normalized spacial score (nSPS) is 19.9. The SMILES string of the molecule is C.CCCCSC1CC(=O)N(CCCCCC(=O)N(C)[C@H](C(=O)C[C@H](C(=O)N(C)C([C@@H](C)CC)[C@@H](CC(=O)N2CCC[C@H]2[C@H](OC)[C@@H](C)C(=O)C[C@H](C)[C@@H](O)c2ccccc2)OC)C(C)C)C(C)C)C1=O. The van der Waals surface area contributed by atoms with Crippen LogP contribution < -0.4 is 0 Å². The van der Waals surface area contributed by atoms with Crippen molar-refractivity contribution in [3.05, 3.63) is 35.9 Å². The molecule has 404 valence electrons. The van der Waals surface area contributed by atoms with Gasteiger partial charge in [-0.15, -0.1) is 11.8 Å². The number of imide groups is 1. The number of amides is 5. The topological polar surface area (TPSA) is 171 Å². The lowest BCUT2D eigenvalue weighted by Gasteiger charge is -2.41. The third kappa shape index (κ3) is 17.5. The van der Waals surface area contributed by atoms with Crippen molar-refractivity contribution in [3.63, 3.8) is 0 Å². The second kappa shape index (κ2) is 31.2. The Morgan fingerprint density at radius 2 is 1.48 bits per heavy atom. The number of nitrogens with zero attached hydrogens (tertiary/aromatic N) is 4. The van der Waals surface area contributed by atoms with Gasteiger partial charge in [-0.3, -0.25) is 38.5 Å². The number of rotatable bonds is 32. The molecule has 11 atom stereocenters. The van der Waals surface area contributed by atoms with Crippen LogP contribution in [0, 0.1) is 35.5 Å². The van der Waals surface area contributed by atoms with Gasteiger partial charge >= 0.3 is 0 Å². The summed E-state index contributed by atoms with van der Waals surface area (Å²) in [6, 6.07) is 7.72. The smallest absolute Gasteiger partial charge is 0.242 e. The molecule has 2 heterocycles. The number of aliphatic hydroxyl groups is 1. The van der Waals surface area contributed by atoms with Crippen LogP contribution in [0.5, 0.6) is 0 Å². The van der Waals surface area contributed by atoms with Gasteiger partial charge in [-0.2, -0.15) is 0 Å². The first kappa shape index (κ1) is 63.5. The summed E-state index contributed by atoms with van der Waals surface area (Å²) < 4.78 is 12.1. The molecular formula is C56H94N4O10S. The molecule has 0 spiro atoms. The van der Waals surface area contributed by atoms with Gasteiger partial charge in [0.25, 0.3) is 0 Å². The molecule has 0 aliphatic carbocycles. The molecule has 71 heavy (non-hydrogen) atoms.